The van der Waals surface area contributed by atoms with E-state index < -0.39 is 33.7 Å². The first-order chi connectivity index (χ1) is 12.3. The Morgan fingerprint density at radius 1 is 1.04 bits per heavy atom. The van der Waals surface area contributed by atoms with Gasteiger partial charge in [0.05, 0.1) is 26.3 Å². The molecule has 0 aliphatic rings. The van der Waals surface area contributed by atoms with Gasteiger partial charge in [0, 0.05) is 17.8 Å². The zero-order valence-corrected chi connectivity index (χ0v) is 14.0. The molecule has 0 unspecified atom stereocenters. The van der Waals surface area contributed by atoms with Crippen molar-refractivity contribution in [1.29, 1.82) is 0 Å². The summed E-state index contributed by atoms with van der Waals surface area (Å²) in [6, 6.07) is 3.76. The van der Waals surface area contributed by atoms with Crippen molar-refractivity contribution in [2.75, 3.05) is 26.6 Å². The number of nitro benzene ring substituents is 1. The second-order valence-corrected chi connectivity index (χ2v) is 4.88. The van der Waals surface area contributed by atoms with Gasteiger partial charge < -0.3 is 19.5 Å². The van der Waals surface area contributed by atoms with Gasteiger partial charge in [0.25, 0.3) is 5.91 Å². The molecule has 0 aliphatic heterocycles. The summed E-state index contributed by atoms with van der Waals surface area (Å²) in [6.45, 7) is 0. The van der Waals surface area contributed by atoms with Gasteiger partial charge in [0.1, 0.15) is 5.56 Å². The van der Waals surface area contributed by atoms with Crippen LogP contribution in [0.3, 0.4) is 0 Å². The Morgan fingerprint density at radius 3 is 2.19 bits per heavy atom. The highest BCUT2D eigenvalue weighted by atomic mass is 19.2. The zero-order valence-electron chi connectivity index (χ0n) is 14.0. The van der Waals surface area contributed by atoms with Gasteiger partial charge in [-0.15, -0.1) is 0 Å². The highest BCUT2D eigenvalue weighted by Crippen LogP contribution is 2.46. The van der Waals surface area contributed by atoms with Crippen LogP contribution in [0, 0.1) is 21.7 Å². The lowest BCUT2D eigenvalue weighted by atomic mass is 10.1. The van der Waals surface area contributed by atoms with Crippen LogP contribution >= 0.6 is 0 Å². The number of nitrogens with one attached hydrogen (secondary N) is 1. The lowest BCUT2D eigenvalue weighted by Crippen LogP contribution is -2.15. The number of rotatable bonds is 6. The molecule has 0 aromatic heterocycles. The smallest absolute Gasteiger partial charge is 0.327 e. The van der Waals surface area contributed by atoms with Crippen LogP contribution in [-0.4, -0.2) is 32.2 Å². The minimum Gasteiger partial charge on any atom is -0.493 e. The van der Waals surface area contributed by atoms with Crippen molar-refractivity contribution >= 4 is 17.3 Å². The molecule has 0 fully saturated rings. The Hall–Kier alpha value is -3.43. The molecule has 0 spiro atoms. The fraction of sp³-hybridized carbons (Fsp3) is 0.188. The largest absolute Gasteiger partial charge is 0.493 e. The van der Waals surface area contributed by atoms with Crippen molar-refractivity contribution < 1.29 is 32.7 Å². The first-order valence-corrected chi connectivity index (χ1v) is 7.07. The fourth-order valence-corrected chi connectivity index (χ4v) is 2.27. The van der Waals surface area contributed by atoms with E-state index in [0.717, 1.165) is 24.3 Å². The Labute approximate surface area is 146 Å². The molecule has 0 radical (unpaired) electrons. The Kier molecular flexibility index (Phi) is 5.55. The van der Waals surface area contributed by atoms with Crippen LogP contribution < -0.4 is 19.5 Å². The summed E-state index contributed by atoms with van der Waals surface area (Å²) in [4.78, 5) is 23.1. The summed E-state index contributed by atoms with van der Waals surface area (Å²) in [5.74, 6) is -3.57. The van der Waals surface area contributed by atoms with E-state index in [0.29, 0.717) is 0 Å². The Morgan fingerprint density at radius 2 is 1.69 bits per heavy atom. The standard InChI is InChI=1S/C16H14F2N2O6/c1-24-12-7-9(13(20(22)23)15(26-3)14(12)25-2)16(21)19-8-4-5-10(17)11(18)6-8/h4-7H,1-3H3,(H,19,21). The quantitative estimate of drug-likeness (QED) is 0.621. The van der Waals surface area contributed by atoms with E-state index in [2.05, 4.69) is 5.32 Å². The maximum Gasteiger partial charge on any atom is 0.327 e. The van der Waals surface area contributed by atoms with Crippen molar-refractivity contribution in [3.05, 3.63) is 51.6 Å². The molecule has 8 nitrogen and oxygen atoms in total. The number of hydrogen-bond donors (Lipinski definition) is 1. The number of halogens is 2. The van der Waals surface area contributed by atoms with Crippen molar-refractivity contribution in [3.63, 3.8) is 0 Å². The summed E-state index contributed by atoms with van der Waals surface area (Å²) in [5.41, 5.74) is -1.16. The number of carbonyl (C=O) groups is 1. The zero-order chi connectivity index (χ0) is 19.4. The van der Waals surface area contributed by atoms with E-state index in [9.17, 15) is 23.7 Å². The molecule has 1 amide bonds. The minimum absolute atomic E-state index is 0.0189. The molecule has 138 valence electrons. The summed E-state index contributed by atoms with van der Waals surface area (Å²) in [6.07, 6.45) is 0. The molecule has 0 bridgehead atoms. The van der Waals surface area contributed by atoms with Gasteiger partial charge in [-0.3, -0.25) is 14.9 Å². The molecular formula is C16H14F2N2O6. The van der Waals surface area contributed by atoms with Crippen molar-refractivity contribution in [2.24, 2.45) is 0 Å². The normalized spacial score (nSPS) is 10.2. The van der Waals surface area contributed by atoms with E-state index in [1.165, 1.54) is 21.3 Å². The van der Waals surface area contributed by atoms with Crippen LogP contribution in [0.15, 0.2) is 24.3 Å². The average molecular weight is 368 g/mol. The Balaban J connectivity index is 2.57. The van der Waals surface area contributed by atoms with Crippen LogP contribution in [-0.2, 0) is 0 Å². The molecule has 26 heavy (non-hydrogen) atoms. The van der Waals surface area contributed by atoms with E-state index in [1.54, 1.807) is 0 Å². The molecule has 2 aromatic rings. The van der Waals surface area contributed by atoms with Crippen LogP contribution in [0.5, 0.6) is 17.2 Å². The van der Waals surface area contributed by atoms with E-state index in [-0.39, 0.29) is 22.9 Å². The summed E-state index contributed by atoms with van der Waals surface area (Å²) in [7, 11) is 3.70. The van der Waals surface area contributed by atoms with Crippen LogP contribution in [0.2, 0.25) is 0 Å². The van der Waals surface area contributed by atoms with Gasteiger partial charge in [-0.2, -0.15) is 0 Å². The molecule has 0 atom stereocenters. The van der Waals surface area contributed by atoms with E-state index in [4.69, 9.17) is 14.2 Å². The summed E-state index contributed by atoms with van der Waals surface area (Å²) in [5, 5.41) is 13.7. The van der Waals surface area contributed by atoms with Gasteiger partial charge in [0.15, 0.2) is 17.4 Å². The topological polar surface area (TPSA) is 99.9 Å². The predicted molar refractivity (Wildman–Crippen MR) is 87.1 cm³/mol. The van der Waals surface area contributed by atoms with Crippen LogP contribution in [0.4, 0.5) is 20.2 Å². The molecule has 0 saturated carbocycles. The number of nitro groups is 1. The highest BCUT2D eigenvalue weighted by Gasteiger charge is 2.32. The van der Waals surface area contributed by atoms with E-state index >= 15 is 0 Å². The van der Waals surface area contributed by atoms with Crippen LogP contribution in [0.25, 0.3) is 0 Å². The first kappa shape index (κ1) is 18.9. The summed E-state index contributed by atoms with van der Waals surface area (Å²) >= 11 is 0. The van der Waals surface area contributed by atoms with Gasteiger partial charge in [-0.1, -0.05) is 0 Å². The molecule has 0 heterocycles. The highest BCUT2D eigenvalue weighted by molar-refractivity contribution is 6.08. The van der Waals surface area contributed by atoms with Crippen LogP contribution in [0.1, 0.15) is 10.4 Å². The second kappa shape index (κ2) is 7.64. The third kappa shape index (κ3) is 3.48. The first-order valence-electron chi connectivity index (χ1n) is 7.07. The van der Waals surface area contributed by atoms with Gasteiger partial charge in [-0.25, -0.2) is 8.78 Å². The Bertz CT molecular complexity index is 872. The maximum atomic E-state index is 13.3. The number of anilines is 1. The molecule has 0 aliphatic carbocycles. The third-order valence-corrected chi connectivity index (χ3v) is 3.41. The molecule has 2 rings (SSSR count). The summed E-state index contributed by atoms with van der Waals surface area (Å²) < 4.78 is 41.4. The number of hydrogen-bond acceptors (Lipinski definition) is 6. The predicted octanol–water partition coefficient (Wildman–Crippen LogP) is 3.15. The number of benzene rings is 2. The number of ether oxygens (including phenoxy) is 3. The van der Waals surface area contributed by atoms with Crippen molar-refractivity contribution in [1.82, 2.24) is 0 Å². The van der Waals surface area contributed by atoms with E-state index in [1.807, 2.05) is 0 Å². The van der Waals surface area contributed by atoms with Gasteiger partial charge in [-0.05, 0) is 12.1 Å². The fourth-order valence-electron chi connectivity index (χ4n) is 2.27. The number of nitrogens with zero attached hydrogens (tertiary/aromatic N) is 1. The lowest BCUT2D eigenvalue weighted by molar-refractivity contribution is -0.386. The second-order valence-electron chi connectivity index (χ2n) is 4.88. The monoisotopic (exact) mass is 368 g/mol. The van der Waals surface area contributed by atoms with Crippen molar-refractivity contribution in [2.45, 2.75) is 0 Å². The SMILES string of the molecule is COc1cc(C(=O)Nc2ccc(F)c(F)c2)c([N+](=O)[O-])c(OC)c1OC. The molecule has 0 saturated heterocycles. The molecular weight excluding hydrogens is 354 g/mol. The average Bonchev–Trinajstić information content (AvgIpc) is 2.62. The number of amides is 1. The molecule has 2 aromatic carbocycles. The molecule has 10 heteroatoms. The third-order valence-electron chi connectivity index (χ3n) is 3.41. The number of methoxy groups -OCH3 is 3. The van der Waals surface area contributed by atoms with Gasteiger partial charge in [0.2, 0.25) is 11.5 Å². The molecule has 1 N–H and O–H groups in total. The lowest BCUT2D eigenvalue weighted by Gasteiger charge is -2.15. The number of carbonyl (C=O) groups excluding carboxylic acids is 1. The van der Waals surface area contributed by atoms with Crippen molar-refractivity contribution in [3.8, 4) is 17.2 Å². The van der Waals surface area contributed by atoms with Gasteiger partial charge >= 0.3 is 5.69 Å². The minimum atomic E-state index is -1.18. The maximum absolute atomic E-state index is 13.3.